The average Bonchev–Trinajstić information content (AvgIpc) is 3.02. The number of methoxy groups -OCH3 is 2. The van der Waals surface area contributed by atoms with Crippen LogP contribution in [0.15, 0.2) is 48.5 Å². The number of hydrogen-bond acceptors (Lipinski definition) is 5. The zero-order valence-electron chi connectivity index (χ0n) is 17.9. The summed E-state index contributed by atoms with van der Waals surface area (Å²) < 4.78 is 12.9. The number of carbonyl (C=O) groups excluding carboxylic acids is 1. The lowest BCUT2D eigenvalue weighted by atomic mass is 10.2. The molecule has 1 aromatic heterocycles. The van der Waals surface area contributed by atoms with Crippen LogP contribution in [-0.2, 0) is 19.5 Å². The van der Waals surface area contributed by atoms with Crippen molar-refractivity contribution in [1.29, 1.82) is 0 Å². The van der Waals surface area contributed by atoms with E-state index in [1.54, 1.807) is 43.4 Å². The second-order valence-electron chi connectivity index (χ2n) is 7.41. The number of urea groups is 1. The molecule has 8 nitrogen and oxygen atoms in total. The molecule has 1 aliphatic rings. The van der Waals surface area contributed by atoms with Crippen LogP contribution in [0, 0.1) is 0 Å². The number of nitrogens with one attached hydrogen (secondary N) is 1. The summed E-state index contributed by atoms with van der Waals surface area (Å²) in [5.41, 5.74) is 1.34. The molecule has 2 amide bonds. The van der Waals surface area contributed by atoms with Crippen molar-refractivity contribution in [1.82, 2.24) is 14.8 Å². The Morgan fingerprint density at radius 1 is 1.03 bits per heavy atom. The molecule has 0 spiro atoms. The third kappa shape index (κ3) is 4.63. The molecule has 1 aliphatic heterocycles. The van der Waals surface area contributed by atoms with Crippen molar-refractivity contribution in [2.24, 2.45) is 0 Å². The second-order valence-corrected chi connectivity index (χ2v) is 7.41. The first-order valence-electron chi connectivity index (χ1n) is 10.5. The molecular weight excluding hydrogens is 394 g/mol. The van der Waals surface area contributed by atoms with Gasteiger partial charge in [0, 0.05) is 18.7 Å². The van der Waals surface area contributed by atoms with Gasteiger partial charge in [-0.3, -0.25) is 4.90 Å². The van der Waals surface area contributed by atoms with E-state index in [1.807, 2.05) is 24.3 Å². The van der Waals surface area contributed by atoms with E-state index in [4.69, 9.17) is 9.47 Å². The average molecular weight is 422 g/mol. The quantitative estimate of drug-likeness (QED) is 0.643. The first-order valence-corrected chi connectivity index (χ1v) is 10.5. The highest BCUT2D eigenvalue weighted by atomic mass is 16.5. The van der Waals surface area contributed by atoms with Crippen LogP contribution in [0.1, 0.15) is 30.9 Å². The maximum atomic E-state index is 13.4. The molecule has 8 heteroatoms. The molecular formula is C23H27N5O3. The number of rotatable bonds is 6. The van der Waals surface area contributed by atoms with Gasteiger partial charge in [-0.1, -0.05) is 18.6 Å². The molecule has 2 aromatic carbocycles. The number of aryl methyl sites for hydroxylation is 1. The third-order valence-corrected chi connectivity index (χ3v) is 5.45. The van der Waals surface area contributed by atoms with Crippen LogP contribution >= 0.6 is 0 Å². The Morgan fingerprint density at radius 3 is 2.61 bits per heavy atom. The third-order valence-electron chi connectivity index (χ3n) is 5.45. The molecule has 3 aromatic rings. The number of ether oxygens (including phenoxy) is 2. The van der Waals surface area contributed by atoms with Gasteiger partial charge in [-0.2, -0.15) is 0 Å². The van der Waals surface area contributed by atoms with Gasteiger partial charge in [0.05, 0.1) is 26.5 Å². The summed E-state index contributed by atoms with van der Waals surface area (Å²) >= 11 is 0. The summed E-state index contributed by atoms with van der Waals surface area (Å²) in [6, 6.07) is 14.4. The Morgan fingerprint density at radius 2 is 1.84 bits per heavy atom. The number of carbonyl (C=O) groups is 1. The molecule has 4 rings (SSSR count). The monoisotopic (exact) mass is 421 g/mol. The van der Waals surface area contributed by atoms with E-state index in [1.165, 1.54) is 6.42 Å². The Labute approximate surface area is 181 Å². The van der Waals surface area contributed by atoms with Crippen molar-refractivity contribution in [3.05, 3.63) is 60.2 Å². The van der Waals surface area contributed by atoms with Crippen molar-refractivity contribution >= 4 is 17.4 Å². The number of nitrogens with zero attached hydrogens (tertiary/aromatic N) is 4. The van der Waals surface area contributed by atoms with Gasteiger partial charge < -0.3 is 19.4 Å². The van der Waals surface area contributed by atoms with Crippen molar-refractivity contribution in [3.8, 4) is 11.5 Å². The van der Waals surface area contributed by atoms with Gasteiger partial charge >= 0.3 is 6.03 Å². The van der Waals surface area contributed by atoms with Crippen LogP contribution in [-0.4, -0.2) is 35.0 Å². The van der Waals surface area contributed by atoms with Gasteiger partial charge in [-0.15, -0.1) is 10.2 Å². The molecule has 0 bridgehead atoms. The summed E-state index contributed by atoms with van der Waals surface area (Å²) in [5, 5.41) is 11.8. The topological polar surface area (TPSA) is 81.5 Å². The number of anilines is 2. The van der Waals surface area contributed by atoms with Gasteiger partial charge in [0.2, 0.25) is 0 Å². The normalized spacial score (nSPS) is 13.1. The fourth-order valence-corrected chi connectivity index (χ4v) is 3.79. The fourth-order valence-electron chi connectivity index (χ4n) is 3.79. The fraction of sp³-hybridized carbons (Fsp3) is 0.348. The van der Waals surface area contributed by atoms with Gasteiger partial charge in [0.25, 0.3) is 0 Å². The van der Waals surface area contributed by atoms with E-state index in [0.29, 0.717) is 17.1 Å². The highest BCUT2D eigenvalue weighted by Crippen LogP contribution is 2.30. The minimum Gasteiger partial charge on any atom is -0.497 e. The van der Waals surface area contributed by atoms with Crippen LogP contribution in [0.4, 0.5) is 16.2 Å². The van der Waals surface area contributed by atoms with Crippen LogP contribution in [0.2, 0.25) is 0 Å². The highest BCUT2D eigenvalue weighted by Gasteiger charge is 2.24. The molecule has 0 saturated heterocycles. The first kappa shape index (κ1) is 20.7. The minimum atomic E-state index is -0.277. The largest absolute Gasteiger partial charge is 0.497 e. The summed E-state index contributed by atoms with van der Waals surface area (Å²) in [4.78, 5) is 15.0. The zero-order valence-corrected chi connectivity index (χ0v) is 17.9. The van der Waals surface area contributed by atoms with Crippen molar-refractivity contribution in [2.75, 3.05) is 24.4 Å². The van der Waals surface area contributed by atoms with Crippen molar-refractivity contribution in [2.45, 2.75) is 38.8 Å². The van der Waals surface area contributed by atoms with Crippen LogP contribution in [0.25, 0.3) is 0 Å². The van der Waals surface area contributed by atoms with E-state index in [2.05, 4.69) is 20.1 Å². The molecule has 0 aliphatic carbocycles. The lowest BCUT2D eigenvalue weighted by Gasteiger charge is -2.25. The molecule has 0 fully saturated rings. The number of aromatic nitrogens is 3. The minimum absolute atomic E-state index is 0.277. The van der Waals surface area contributed by atoms with Gasteiger partial charge in [-0.25, -0.2) is 4.79 Å². The molecule has 1 N–H and O–H groups in total. The first-order chi connectivity index (χ1) is 15.2. The highest BCUT2D eigenvalue weighted by molar-refractivity contribution is 6.02. The van der Waals surface area contributed by atoms with Gasteiger partial charge in [-0.05, 0) is 49.2 Å². The number of amides is 2. The molecule has 2 heterocycles. The second kappa shape index (κ2) is 9.51. The molecule has 0 saturated carbocycles. The molecule has 31 heavy (non-hydrogen) atoms. The number of fused-ring (bicyclic) bond motifs is 1. The zero-order chi connectivity index (χ0) is 21.6. The number of benzene rings is 2. The predicted molar refractivity (Wildman–Crippen MR) is 119 cm³/mol. The maximum Gasteiger partial charge on any atom is 0.326 e. The van der Waals surface area contributed by atoms with E-state index in [0.717, 1.165) is 43.2 Å². The van der Waals surface area contributed by atoms with Crippen molar-refractivity contribution < 1.29 is 14.3 Å². The number of hydrogen-bond donors (Lipinski definition) is 1. The molecule has 0 atom stereocenters. The summed E-state index contributed by atoms with van der Waals surface area (Å²) in [6.45, 7) is 1.16. The Kier molecular flexibility index (Phi) is 6.35. The molecule has 162 valence electrons. The number of para-hydroxylation sites is 2. The lowest BCUT2D eigenvalue weighted by Crippen LogP contribution is -2.35. The smallest absolute Gasteiger partial charge is 0.326 e. The van der Waals surface area contributed by atoms with Gasteiger partial charge in [0.1, 0.15) is 17.3 Å². The molecule has 0 unspecified atom stereocenters. The lowest BCUT2D eigenvalue weighted by molar-refractivity contribution is 0.256. The molecule has 0 radical (unpaired) electrons. The Hall–Kier alpha value is -3.55. The van der Waals surface area contributed by atoms with E-state index < -0.39 is 0 Å². The summed E-state index contributed by atoms with van der Waals surface area (Å²) in [5.74, 6) is 3.10. The van der Waals surface area contributed by atoms with E-state index in [-0.39, 0.29) is 12.6 Å². The van der Waals surface area contributed by atoms with Crippen LogP contribution in [0.5, 0.6) is 11.5 Å². The Balaban J connectivity index is 1.64. The van der Waals surface area contributed by atoms with Gasteiger partial charge in [0.15, 0.2) is 5.82 Å². The van der Waals surface area contributed by atoms with Crippen LogP contribution < -0.4 is 19.7 Å². The standard InChI is InChI=1S/C23H27N5O3/c1-30-18-13-11-17(12-14-18)24-23(29)28(19-8-5-6-9-20(19)31-2)16-22-26-25-21-10-4-3-7-15-27(21)22/h5-6,8-9,11-14H,3-4,7,10,15-16H2,1-2H3,(H,24,29). The summed E-state index contributed by atoms with van der Waals surface area (Å²) in [7, 11) is 3.21. The SMILES string of the molecule is COc1ccc(NC(=O)N(Cc2nnc3n2CCCCC3)c2ccccc2OC)cc1. The predicted octanol–water partition coefficient (Wildman–Crippen LogP) is 4.26. The Bertz CT molecular complexity index is 1030. The maximum absolute atomic E-state index is 13.4. The summed E-state index contributed by atoms with van der Waals surface area (Å²) in [6.07, 6.45) is 4.30. The van der Waals surface area contributed by atoms with E-state index >= 15 is 0 Å². The van der Waals surface area contributed by atoms with Crippen LogP contribution in [0.3, 0.4) is 0 Å². The van der Waals surface area contributed by atoms with E-state index in [9.17, 15) is 4.79 Å². The van der Waals surface area contributed by atoms with Crippen molar-refractivity contribution in [3.63, 3.8) is 0 Å².